The van der Waals surface area contributed by atoms with Gasteiger partial charge in [0.1, 0.15) is 6.54 Å². The number of hydrogen-bond acceptors (Lipinski definition) is 3. The van der Waals surface area contributed by atoms with Crippen molar-refractivity contribution in [2.24, 2.45) is 5.41 Å². The molecule has 0 aromatic carbocycles. The van der Waals surface area contributed by atoms with Crippen molar-refractivity contribution in [1.29, 1.82) is 5.26 Å². The van der Waals surface area contributed by atoms with E-state index in [4.69, 9.17) is 5.26 Å². The highest BCUT2D eigenvalue weighted by atomic mass is 16.2. The summed E-state index contributed by atoms with van der Waals surface area (Å²) in [5.41, 5.74) is -0.0227. The maximum Gasteiger partial charge on any atom is 0.310 e. The maximum absolute atomic E-state index is 11.2. The lowest BCUT2D eigenvalue weighted by Crippen LogP contribution is -2.43. The molecule has 15 heavy (non-hydrogen) atoms. The van der Waals surface area contributed by atoms with Gasteiger partial charge in [-0.15, -0.1) is 0 Å². The van der Waals surface area contributed by atoms with Crippen molar-refractivity contribution in [3.05, 3.63) is 0 Å². The summed E-state index contributed by atoms with van der Waals surface area (Å²) in [7, 11) is 0. The lowest BCUT2D eigenvalue weighted by atomic mass is 9.90. The molecule has 0 aromatic rings. The van der Waals surface area contributed by atoms with E-state index in [-0.39, 0.29) is 12.0 Å². The van der Waals surface area contributed by atoms with Crippen LogP contribution >= 0.6 is 0 Å². The molecule has 0 aliphatic rings. The smallest absolute Gasteiger partial charge is 0.310 e. The third-order valence-corrected chi connectivity index (χ3v) is 2.22. The van der Waals surface area contributed by atoms with E-state index >= 15 is 0 Å². The normalized spacial score (nSPS) is 10.3. The second kappa shape index (κ2) is 6.02. The van der Waals surface area contributed by atoms with Crippen molar-refractivity contribution in [2.75, 3.05) is 13.1 Å². The summed E-state index contributed by atoms with van der Waals surface area (Å²) in [5.74, 6) is -1.45. The average molecular weight is 211 g/mol. The van der Waals surface area contributed by atoms with Gasteiger partial charge in [-0.05, 0) is 11.8 Å². The Hall–Kier alpha value is -1.57. The van der Waals surface area contributed by atoms with E-state index in [9.17, 15) is 9.59 Å². The number of nitriles is 1. The Labute approximate surface area is 89.8 Å². The Kier molecular flexibility index (Phi) is 5.39. The van der Waals surface area contributed by atoms with Crippen LogP contribution < -0.4 is 10.6 Å². The molecule has 0 aliphatic carbocycles. The Bertz CT molecular complexity index is 279. The molecule has 0 saturated heterocycles. The van der Waals surface area contributed by atoms with Crippen molar-refractivity contribution in [3.8, 4) is 6.07 Å². The fourth-order valence-electron chi connectivity index (χ4n) is 0.725. The van der Waals surface area contributed by atoms with Gasteiger partial charge >= 0.3 is 11.8 Å². The van der Waals surface area contributed by atoms with E-state index in [1.54, 1.807) is 6.07 Å². The molecule has 0 spiro atoms. The van der Waals surface area contributed by atoms with E-state index in [0.29, 0.717) is 6.54 Å². The van der Waals surface area contributed by atoms with Crippen LogP contribution in [-0.2, 0) is 9.59 Å². The minimum Gasteiger partial charge on any atom is -0.347 e. The topological polar surface area (TPSA) is 82.0 Å². The van der Waals surface area contributed by atoms with Gasteiger partial charge in [0.05, 0.1) is 6.07 Å². The van der Waals surface area contributed by atoms with Gasteiger partial charge in [0.25, 0.3) is 0 Å². The van der Waals surface area contributed by atoms with Crippen LogP contribution in [0, 0.1) is 16.7 Å². The van der Waals surface area contributed by atoms with Crippen LogP contribution in [0.3, 0.4) is 0 Å². The van der Waals surface area contributed by atoms with Crippen LogP contribution in [-0.4, -0.2) is 24.9 Å². The largest absolute Gasteiger partial charge is 0.347 e. The van der Waals surface area contributed by atoms with Gasteiger partial charge in [-0.1, -0.05) is 20.8 Å². The first-order valence-electron chi connectivity index (χ1n) is 4.86. The van der Waals surface area contributed by atoms with E-state index in [1.807, 2.05) is 20.8 Å². The molecule has 2 N–H and O–H groups in total. The van der Waals surface area contributed by atoms with Crippen LogP contribution in [0.2, 0.25) is 0 Å². The van der Waals surface area contributed by atoms with Crippen molar-refractivity contribution in [3.63, 3.8) is 0 Å². The van der Waals surface area contributed by atoms with E-state index in [1.165, 1.54) is 0 Å². The molecule has 0 aromatic heterocycles. The van der Waals surface area contributed by atoms with Crippen molar-refractivity contribution < 1.29 is 9.59 Å². The summed E-state index contributed by atoms with van der Waals surface area (Å²) in [6.45, 7) is 6.31. The highest BCUT2D eigenvalue weighted by Gasteiger charge is 2.19. The minimum absolute atomic E-state index is 0.0227. The number of hydrogen-bond donors (Lipinski definition) is 2. The first-order chi connectivity index (χ1) is 6.93. The van der Waals surface area contributed by atoms with Gasteiger partial charge < -0.3 is 10.6 Å². The molecular weight excluding hydrogens is 194 g/mol. The summed E-state index contributed by atoms with van der Waals surface area (Å²) in [4.78, 5) is 22.2. The quantitative estimate of drug-likeness (QED) is 0.514. The number of nitrogens with one attached hydrogen (secondary N) is 2. The van der Waals surface area contributed by atoms with E-state index < -0.39 is 11.8 Å². The van der Waals surface area contributed by atoms with Gasteiger partial charge in [0.2, 0.25) is 0 Å². The third-order valence-electron chi connectivity index (χ3n) is 2.22. The number of rotatable bonds is 4. The summed E-state index contributed by atoms with van der Waals surface area (Å²) in [6.07, 6.45) is 0.910. The summed E-state index contributed by atoms with van der Waals surface area (Å²) in [6, 6.07) is 1.73. The molecule has 0 bridgehead atoms. The fraction of sp³-hybridized carbons (Fsp3) is 0.700. The molecule has 84 valence electrons. The van der Waals surface area contributed by atoms with Gasteiger partial charge in [0, 0.05) is 6.54 Å². The molecule has 0 unspecified atom stereocenters. The van der Waals surface area contributed by atoms with Crippen LogP contribution in [0.25, 0.3) is 0 Å². The highest BCUT2D eigenvalue weighted by molar-refractivity contribution is 6.35. The molecular formula is C10H17N3O2. The van der Waals surface area contributed by atoms with Gasteiger partial charge in [0.15, 0.2) is 0 Å². The molecule has 0 rings (SSSR count). The highest BCUT2D eigenvalue weighted by Crippen LogP contribution is 2.17. The molecule has 0 fully saturated rings. The zero-order valence-electron chi connectivity index (χ0n) is 9.39. The monoisotopic (exact) mass is 211 g/mol. The van der Waals surface area contributed by atoms with Gasteiger partial charge in [-0.2, -0.15) is 5.26 Å². The van der Waals surface area contributed by atoms with Crippen molar-refractivity contribution in [1.82, 2.24) is 10.6 Å². The average Bonchev–Trinajstić information content (AvgIpc) is 2.22. The number of carbonyl (C=O) groups is 2. The molecule has 0 aliphatic heterocycles. The van der Waals surface area contributed by atoms with E-state index in [2.05, 4.69) is 10.6 Å². The zero-order valence-corrected chi connectivity index (χ0v) is 9.39. The van der Waals surface area contributed by atoms with Crippen molar-refractivity contribution >= 4 is 11.8 Å². The standard InChI is InChI=1S/C10H17N3O2/c1-4-10(2,3)7-13-9(15)8(14)12-6-5-11/h4,6-7H2,1-3H3,(H,12,14)(H,13,15). The Morgan fingerprint density at radius 2 is 1.80 bits per heavy atom. The lowest BCUT2D eigenvalue weighted by molar-refractivity contribution is -0.139. The molecule has 5 heteroatoms. The molecule has 5 nitrogen and oxygen atoms in total. The first kappa shape index (κ1) is 13.4. The number of nitrogens with zero attached hydrogens (tertiary/aromatic N) is 1. The van der Waals surface area contributed by atoms with Crippen LogP contribution in [0.15, 0.2) is 0 Å². The Morgan fingerprint density at radius 3 is 2.27 bits per heavy atom. The Morgan fingerprint density at radius 1 is 1.27 bits per heavy atom. The third kappa shape index (κ3) is 5.68. The number of carbonyl (C=O) groups excluding carboxylic acids is 2. The Balaban J connectivity index is 3.95. The predicted molar refractivity (Wildman–Crippen MR) is 55.7 cm³/mol. The van der Waals surface area contributed by atoms with E-state index in [0.717, 1.165) is 6.42 Å². The maximum atomic E-state index is 11.2. The summed E-state index contributed by atoms with van der Waals surface area (Å²) < 4.78 is 0. The summed E-state index contributed by atoms with van der Waals surface area (Å²) >= 11 is 0. The SMILES string of the molecule is CCC(C)(C)CNC(=O)C(=O)NCC#N. The fourth-order valence-corrected chi connectivity index (χ4v) is 0.725. The number of amides is 2. The van der Waals surface area contributed by atoms with Crippen molar-refractivity contribution in [2.45, 2.75) is 27.2 Å². The molecule has 0 atom stereocenters. The molecule has 0 heterocycles. The second-order valence-electron chi connectivity index (χ2n) is 4.04. The first-order valence-corrected chi connectivity index (χ1v) is 4.86. The van der Waals surface area contributed by atoms with Crippen LogP contribution in [0.1, 0.15) is 27.2 Å². The second-order valence-corrected chi connectivity index (χ2v) is 4.04. The van der Waals surface area contributed by atoms with Gasteiger partial charge in [-0.3, -0.25) is 9.59 Å². The molecule has 0 radical (unpaired) electrons. The summed E-state index contributed by atoms with van der Waals surface area (Å²) in [5, 5.41) is 12.9. The van der Waals surface area contributed by atoms with Crippen LogP contribution in [0.4, 0.5) is 0 Å². The minimum atomic E-state index is -0.761. The molecule has 2 amide bonds. The molecule has 0 saturated carbocycles. The van der Waals surface area contributed by atoms with Crippen LogP contribution in [0.5, 0.6) is 0 Å². The lowest BCUT2D eigenvalue weighted by Gasteiger charge is -2.22. The predicted octanol–water partition coefficient (Wildman–Crippen LogP) is 0.179. The zero-order chi connectivity index (χ0) is 11.9. The van der Waals surface area contributed by atoms with Gasteiger partial charge in [-0.25, -0.2) is 0 Å².